The second kappa shape index (κ2) is 7.33. The molecule has 1 aromatic heterocycles. The molecule has 0 bridgehead atoms. The van der Waals surface area contributed by atoms with Gasteiger partial charge in [0.15, 0.2) is 0 Å². The molecule has 156 valence electrons. The molecule has 6 heteroatoms. The van der Waals surface area contributed by atoms with Gasteiger partial charge in [0, 0.05) is 42.2 Å². The zero-order chi connectivity index (χ0) is 20.0. The predicted octanol–water partition coefficient (Wildman–Crippen LogP) is 3.70. The van der Waals surface area contributed by atoms with Crippen molar-refractivity contribution in [1.29, 1.82) is 0 Å². The molecule has 1 unspecified atom stereocenters. The molecule has 2 saturated heterocycles. The maximum absolute atomic E-state index is 13.8. The van der Waals surface area contributed by atoms with E-state index >= 15 is 0 Å². The van der Waals surface area contributed by atoms with Crippen molar-refractivity contribution in [3.63, 3.8) is 0 Å². The molecule has 1 amide bonds. The number of hydrogen-bond donors (Lipinski definition) is 0. The van der Waals surface area contributed by atoms with Gasteiger partial charge in [0.05, 0.1) is 32.4 Å². The quantitative estimate of drug-likeness (QED) is 0.791. The number of benzene rings is 1. The fourth-order valence-electron chi connectivity index (χ4n) is 5.45. The number of morpholine rings is 1. The number of ether oxygens (including phenoxy) is 3. The van der Waals surface area contributed by atoms with Crippen LogP contribution in [0.5, 0.6) is 5.75 Å². The summed E-state index contributed by atoms with van der Waals surface area (Å²) in [6.07, 6.45) is 5.74. The van der Waals surface area contributed by atoms with E-state index in [1.807, 2.05) is 17.0 Å². The van der Waals surface area contributed by atoms with Crippen LogP contribution in [-0.2, 0) is 9.47 Å². The summed E-state index contributed by atoms with van der Waals surface area (Å²) < 4.78 is 19.5. The summed E-state index contributed by atoms with van der Waals surface area (Å²) in [5.41, 5.74) is 2.71. The molecule has 2 aliphatic heterocycles. The monoisotopic (exact) mass is 398 g/mol. The Morgan fingerprint density at radius 3 is 2.79 bits per heavy atom. The van der Waals surface area contributed by atoms with Gasteiger partial charge in [-0.15, -0.1) is 0 Å². The molecule has 3 aliphatic rings. The van der Waals surface area contributed by atoms with Gasteiger partial charge >= 0.3 is 0 Å². The van der Waals surface area contributed by atoms with E-state index in [-0.39, 0.29) is 11.5 Å². The average molecular weight is 399 g/mol. The molecule has 3 heterocycles. The van der Waals surface area contributed by atoms with Crippen LogP contribution in [0.2, 0.25) is 0 Å². The Hall–Kier alpha value is -2.05. The van der Waals surface area contributed by atoms with Gasteiger partial charge in [-0.25, -0.2) is 0 Å². The maximum atomic E-state index is 13.8. The van der Waals surface area contributed by atoms with Crippen LogP contribution in [0, 0.1) is 6.92 Å². The van der Waals surface area contributed by atoms with Crippen molar-refractivity contribution < 1.29 is 19.0 Å². The third-order valence-electron chi connectivity index (χ3n) is 6.96. The van der Waals surface area contributed by atoms with Crippen molar-refractivity contribution in [2.45, 2.75) is 50.7 Å². The van der Waals surface area contributed by atoms with Crippen LogP contribution in [0.15, 0.2) is 18.2 Å². The van der Waals surface area contributed by atoms with Crippen LogP contribution in [0.3, 0.4) is 0 Å². The van der Waals surface area contributed by atoms with Crippen molar-refractivity contribution in [1.82, 2.24) is 9.47 Å². The van der Waals surface area contributed by atoms with Gasteiger partial charge in [-0.1, -0.05) is 12.8 Å². The van der Waals surface area contributed by atoms with E-state index in [4.69, 9.17) is 14.2 Å². The van der Waals surface area contributed by atoms with Crippen LogP contribution in [-0.4, -0.2) is 61.0 Å². The Labute approximate surface area is 171 Å². The van der Waals surface area contributed by atoms with Crippen LogP contribution in [0.25, 0.3) is 10.9 Å². The highest BCUT2D eigenvalue weighted by atomic mass is 16.6. The van der Waals surface area contributed by atoms with Crippen molar-refractivity contribution in [3.8, 4) is 5.75 Å². The van der Waals surface area contributed by atoms with Gasteiger partial charge in [0.2, 0.25) is 0 Å². The van der Waals surface area contributed by atoms with E-state index in [0.29, 0.717) is 39.0 Å². The van der Waals surface area contributed by atoms with Crippen LogP contribution in [0.4, 0.5) is 0 Å². The molecule has 5 rings (SSSR count). The Bertz CT molecular complexity index is 923. The van der Waals surface area contributed by atoms with Crippen molar-refractivity contribution in [2.75, 3.05) is 40.0 Å². The molecular weight excluding hydrogens is 368 g/mol. The summed E-state index contributed by atoms with van der Waals surface area (Å²) in [6, 6.07) is 6.62. The normalized spacial score (nSPS) is 25.4. The lowest BCUT2D eigenvalue weighted by atomic mass is 9.99. The molecule has 1 spiro atoms. The maximum Gasteiger partial charge on any atom is 0.256 e. The van der Waals surface area contributed by atoms with Crippen molar-refractivity contribution in [3.05, 3.63) is 29.5 Å². The van der Waals surface area contributed by atoms with Gasteiger partial charge < -0.3 is 23.7 Å². The Morgan fingerprint density at radius 1 is 1.24 bits per heavy atom. The average Bonchev–Trinajstić information content (AvgIpc) is 3.46. The number of fused-ring (bicyclic) bond motifs is 1. The van der Waals surface area contributed by atoms with Gasteiger partial charge in [-0.3, -0.25) is 4.79 Å². The lowest BCUT2D eigenvalue weighted by molar-refractivity contribution is -0.0995. The first kappa shape index (κ1) is 18.9. The Morgan fingerprint density at radius 2 is 2.07 bits per heavy atom. The first-order chi connectivity index (χ1) is 14.1. The van der Waals surface area contributed by atoms with E-state index in [1.165, 1.54) is 25.7 Å². The Balaban J connectivity index is 1.57. The summed E-state index contributed by atoms with van der Waals surface area (Å²) >= 11 is 0. The number of aromatic nitrogens is 1. The minimum absolute atomic E-state index is 0.104. The topological polar surface area (TPSA) is 52.9 Å². The second-order valence-corrected chi connectivity index (χ2v) is 8.71. The van der Waals surface area contributed by atoms with E-state index < -0.39 is 0 Å². The first-order valence-electron chi connectivity index (χ1n) is 10.8. The molecule has 29 heavy (non-hydrogen) atoms. The van der Waals surface area contributed by atoms with Crippen molar-refractivity contribution >= 4 is 16.8 Å². The van der Waals surface area contributed by atoms with Gasteiger partial charge in [0.1, 0.15) is 11.4 Å². The predicted molar refractivity (Wildman–Crippen MR) is 111 cm³/mol. The SMILES string of the molecule is COc1ccc2c(c1)c(C(=O)N1CCOC3(CCOC3)C1)c(C)n2C1CCCC1. The van der Waals surface area contributed by atoms with Gasteiger partial charge in [-0.05, 0) is 38.0 Å². The molecule has 1 atom stereocenters. The van der Waals surface area contributed by atoms with Crippen LogP contribution in [0.1, 0.15) is 54.2 Å². The summed E-state index contributed by atoms with van der Waals surface area (Å²) in [6.45, 7) is 5.18. The third-order valence-corrected chi connectivity index (χ3v) is 6.96. The summed E-state index contributed by atoms with van der Waals surface area (Å²) in [7, 11) is 1.68. The zero-order valence-corrected chi connectivity index (χ0v) is 17.4. The molecule has 6 nitrogen and oxygen atoms in total. The fourth-order valence-corrected chi connectivity index (χ4v) is 5.45. The van der Waals surface area contributed by atoms with Gasteiger partial charge in [-0.2, -0.15) is 0 Å². The van der Waals surface area contributed by atoms with E-state index in [0.717, 1.165) is 34.3 Å². The number of methoxy groups -OCH3 is 1. The molecular formula is C23H30N2O4. The number of rotatable bonds is 3. The molecule has 1 aliphatic carbocycles. The summed E-state index contributed by atoms with van der Waals surface area (Å²) in [4.78, 5) is 15.7. The lowest BCUT2D eigenvalue weighted by Gasteiger charge is -2.39. The highest BCUT2D eigenvalue weighted by molar-refractivity contribution is 6.09. The second-order valence-electron chi connectivity index (χ2n) is 8.71. The Kier molecular flexibility index (Phi) is 4.79. The van der Waals surface area contributed by atoms with Crippen LogP contribution >= 0.6 is 0 Å². The smallest absolute Gasteiger partial charge is 0.256 e. The molecule has 2 aromatic rings. The summed E-state index contributed by atoms with van der Waals surface area (Å²) in [5.74, 6) is 0.893. The first-order valence-corrected chi connectivity index (χ1v) is 10.8. The van der Waals surface area contributed by atoms with Crippen molar-refractivity contribution in [2.24, 2.45) is 0 Å². The van der Waals surface area contributed by atoms with E-state index in [2.05, 4.69) is 17.6 Å². The zero-order valence-electron chi connectivity index (χ0n) is 17.4. The molecule has 0 radical (unpaired) electrons. The molecule has 0 N–H and O–H groups in total. The standard InChI is InChI=1S/C23H30N2O4/c1-16-21(22(26)24-10-12-29-23(14-24)9-11-28-15-23)19-13-18(27-2)7-8-20(19)25(16)17-5-3-4-6-17/h7-8,13,17H,3-6,9-12,14-15H2,1-2H3. The van der Waals surface area contributed by atoms with Gasteiger partial charge in [0.25, 0.3) is 5.91 Å². The number of carbonyl (C=O) groups is 1. The minimum Gasteiger partial charge on any atom is -0.497 e. The lowest BCUT2D eigenvalue weighted by Crippen LogP contribution is -2.54. The third kappa shape index (κ3) is 3.13. The number of amides is 1. The largest absolute Gasteiger partial charge is 0.497 e. The van der Waals surface area contributed by atoms with E-state index in [9.17, 15) is 4.79 Å². The fraction of sp³-hybridized carbons (Fsp3) is 0.609. The highest BCUT2D eigenvalue weighted by Crippen LogP contribution is 2.39. The highest BCUT2D eigenvalue weighted by Gasteiger charge is 2.42. The van der Waals surface area contributed by atoms with E-state index in [1.54, 1.807) is 7.11 Å². The van der Waals surface area contributed by atoms with Crippen LogP contribution < -0.4 is 4.74 Å². The number of carbonyl (C=O) groups excluding carboxylic acids is 1. The minimum atomic E-state index is -0.330. The summed E-state index contributed by atoms with van der Waals surface area (Å²) in [5, 5.41) is 1.00. The number of hydrogen-bond acceptors (Lipinski definition) is 4. The molecule has 1 aromatic carbocycles. The number of nitrogens with zero attached hydrogens (tertiary/aromatic N) is 2. The molecule has 1 saturated carbocycles. The molecule has 3 fully saturated rings.